The van der Waals surface area contributed by atoms with Crippen molar-refractivity contribution in [2.75, 3.05) is 26.2 Å². The summed E-state index contributed by atoms with van der Waals surface area (Å²) in [5.41, 5.74) is 1.71. The van der Waals surface area contributed by atoms with Gasteiger partial charge in [-0.05, 0) is 36.4 Å². The lowest BCUT2D eigenvalue weighted by Gasteiger charge is -2.29. The molecule has 0 saturated carbocycles. The van der Waals surface area contributed by atoms with E-state index in [1.807, 2.05) is 17.4 Å². The molecule has 0 unspecified atom stereocenters. The van der Waals surface area contributed by atoms with Crippen LogP contribution in [0.2, 0.25) is 0 Å². The van der Waals surface area contributed by atoms with E-state index in [-0.39, 0.29) is 6.61 Å². The maximum atomic E-state index is 10.3. The molecule has 1 aliphatic heterocycles. The second kappa shape index (κ2) is 8.70. The second-order valence-corrected chi connectivity index (χ2v) is 8.41. The Labute approximate surface area is 168 Å². The molecule has 144 valence electrons. The lowest BCUT2D eigenvalue weighted by Crippen LogP contribution is -3.14. The van der Waals surface area contributed by atoms with E-state index in [0.29, 0.717) is 23.8 Å². The summed E-state index contributed by atoms with van der Waals surface area (Å²) in [7, 11) is 0. The van der Waals surface area contributed by atoms with Crippen LogP contribution in [0.5, 0.6) is 5.75 Å². The summed E-state index contributed by atoms with van der Waals surface area (Å²) in [6, 6.07) is 17.4. The molecule has 5 nitrogen and oxygen atoms in total. The van der Waals surface area contributed by atoms with Crippen molar-refractivity contribution in [2.24, 2.45) is 0 Å². The molecule has 4 rings (SSSR count). The van der Waals surface area contributed by atoms with Gasteiger partial charge in [-0.25, -0.2) is 4.98 Å². The fraction of sp³-hybridized carbons (Fsp3) is 0.364. The number of aliphatic hydroxyl groups is 1. The molecule has 2 heterocycles. The van der Waals surface area contributed by atoms with E-state index in [4.69, 9.17) is 15.0 Å². The van der Waals surface area contributed by atoms with Crippen LogP contribution >= 0.6 is 11.3 Å². The first kappa shape index (κ1) is 18.9. The number of aliphatic hydroxyl groups excluding tert-OH is 1. The minimum atomic E-state index is -0.496. The second-order valence-electron chi connectivity index (χ2n) is 7.35. The van der Waals surface area contributed by atoms with Crippen molar-refractivity contribution in [1.82, 2.24) is 4.98 Å². The third-order valence-electron chi connectivity index (χ3n) is 5.30. The summed E-state index contributed by atoms with van der Waals surface area (Å²) in [6.45, 7) is 3.07. The Morgan fingerprint density at radius 3 is 2.64 bits per heavy atom. The van der Waals surface area contributed by atoms with Gasteiger partial charge in [0.15, 0.2) is 0 Å². The number of benzene rings is 2. The summed E-state index contributed by atoms with van der Waals surface area (Å²) < 4.78 is 6.92. The molecule has 2 aromatic carbocycles. The van der Waals surface area contributed by atoms with E-state index in [1.54, 1.807) is 24.3 Å². The highest BCUT2D eigenvalue weighted by atomic mass is 32.1. The first-order valence-corrected chi connectivity index (χ1v) is 10.5. The van der Waals surface area contributed by atoms with E-state index < -0.39 is 6.10 Å². The fourth-order valence-electron chi connectivity index (χ4n) is 3.75. The number of para-hydroxylation sites is 1. The molecule has 0 amide bonds. The van der Waals surface area contributed by atoms with E-state index in [1.165, 1.54) is 14.6 Å². The number of nitrogens with zero attached hydrogens (tertiary/aromatic N) is 2. The van der Waals surface area contributed by atoms with Crippen LogP contribution in [0.3, 0.4) is 0 Å². The summed E-state index contributed by atoms with van der Waals surface area (Å²) in [6.07, 6.45) is 1.72. The van der Waals surface area contributed by atoms with Crippen molar-refractivity contribution >= 4 is 21.6 Å². The number of fused-ring (bicyclic) bond motifs is 1. The Morgan fingerprint density at radius 1 is 1.18 bits per heavy atom. The molecule has 1 atom stereocenters. The minimum Gasteiger partial charge on any atom is -0.491 e. The maximum absolute atomic E-state index is 10.3. The SMILES string of the molecule is N#Cc1ccc(OC[C@H](O)C[NH+]2CCC(c3nc4ccccc4s3)CC2)cc1. The molecule has 0 radical (unpaired) electrons. The Hall–Kier alpha value is -2.46. The van der Waals surface area contributed by atoms with Crippen LogP contribution in [-0.2, 0) is 0 Å². The standard InChI is InChI=1S/C22H23N3O2S/c23-13-16-5-7-19(8-6-16)27-15-18(26)14-25-11-9-17(10-12-25)22-24-20-3-1-2-4-21(20)28-22/h1-8,17-18,26H,9-12,14-15H2/p+1/t18-/m1/s1. The van der Waals surface area contributed by atoms with Crippen molar-refractivity contribution in [3.8, 4) is 11.8 Å². The van der Waals surface area contributed by atoms with Gasteiger partial charge >= 0.3 is 0 Å². The Kier molecular flexibility index (Phi) is 5.87. The number of hydrogen-bond acceptors (Lipinski definition) is 5. The van der Waals surface area contributed by atoms with Crippen molar-refractivity contribution in [3.05, 3.63) is 59.1 Å². The third-order valence-corrected chi connectivity index (χ3v) is 6.50. The number of quaternary nitrogens is 1. The number of nitrogens with one attached hydrogen (secondary N) is 1. The van der Waals surface area contributed by atoms with Crippen molar-refractivity contribution in [2.45, 2.75) is 24.9 Å². The van der Waals surface area contributed by atoms with Gasteiger partial charge in [-0.1, -0.05) is 12.1 Å². The van der Waals surface area contributed by atoms with Gasteiger partial charge < -0.3 is 14.7 Å². The smallest absolute Gasteiger partial charge is 0.137 e. The van der Waals surface area contributed by atoms with Crippen LogP contribution in [0.4, 0.5) is 0 Å². The molecule has 1 saturated heterocycles. The van der Waals surface area contributed by atoms with Gasteiger partial charge in [0.2, 0.25) is 0 Å². The van der Waals surface area contributed by atoms with Crippen LogP contribution in [0, 0.1) is 11.3 Å². The van der Waals surface area contributed by atoms with Crippen LogP contribution in [0.25, 0.3) is 10.2 Å². The van der Waals surface area contributed by atoms with Gasteiger partial charge in [0.05, 0.1) is 39.9 Å². The zero-order valence-corrected chi connectivity index (χ0v) is 16.5. The lowest BCUT2D eigenvalue weighted by atomic mass is 9.97. The first-order chi connectivity index (χ1) is 13.7. The average Bonchev–Trinajstić information content (AvgIpc) is 3.17. The Balaban J connectivity index is 1.24. The topological polar surface area (TPSA) is 70.6 Å². The lowest BCUT2D eigenvalue weighted by molar-refractivity contribution is -0.908. The molecule has 0 aliphatic carbocycles. The van der Waals surface area contributed by atoms with Crippen LogP contribution in [0.15, 0.2) is 48.5 Å². The van der Waals surface area contributed by atoms with Crippen molar-refractivity contribution in [3.63, 3.8) is 0 Å². The van der Waals surface area contributed by atoms with Crippen molar-refractivity contribution in [1.29, 1.82) is 5.26 Å². The summed E-state index contributed by atoms with van der Waals surface area (Å²) in [5, 5.41) is 20.4. The number of nitriles is 1. The molecule has 0 bridgehead atoms. The number of thiazole rings is 1. The number of likely N-dealkylation sites (tertiary alicyclic amines) is 1. The summed E-state index contributed by atoms with van der Waals surface area (Å²) in [4.78, 5) is 6.24. The zero-order valence-electron chi connectivity index (χ0n) is 15.7. The highest BCUT2D eigenvalue weighted by molar-refractivity contribution is 7.18. The molecule has 1 aliphatic rings. The normalized spacial score (nSPS) is 20.6. The molecule has 1 fully saturated rings. The zero-order chi connectivity index (χ0) is 19.3. The monoisotopic (exact) mass is 394 g/mol. The van der Waals surface area contributed by atoms with Crippen LogP contribution < -0.4 is 9.64 Å². The van der Waals surface area contributed by atoms with E-state index >= 15 is 0 Å². The average molecular weight is 395 g/mol. The molecule has 28 heavy (non-hydrogen) atoms. The highest BCUT2D eigenvalue weighted by Gasteiger charge is 2.27. The van der Waals surface area contributed by atoms with Gasteiger partial charge in [-0.3, -0.25) is 0 Å². The predicted molar refractivity (Wildman–Crippen MR) is 110 cm³/mol. The minimum absolute atomic E-state index is 0.275. The van der Waals surface area contributed by atoms with E-state index in [0.717, 1.165) is 31.4 Å². The molecule has 0 spiro atoms. The van der Waals surface area contributed by atoms with Gasteiger partial charge in [0.1, 0.15) is 25.0 Å². The van der Waals surface area contributed by atoms with E-state index in [9.17, 15) is 5.11 Å². The number of piperidine rings is 1. The predicted octanol–water partition coefficient (Wildman–Crippen LogP) is 2.37. The molecule has 2 N–H and O–H groups in total. The molecule has 6 heteroatoms. The third kappa shape index (κ3) is 4.50. The van der Waals surface area contributed by atoms with Crippen LogP contribution in [0.1, 0.15) is 29.3 Å². The number of rotatable bonds is 6. The fourth-order valence-corrected chi connectivity index (χ4v) is 4.89. The maximum Gasteiger partial charge on any atom is 0.137 e. The summed E-state index contributed by atoms with van der Waals surface area (Å²) in [5.74, 6) is 1.22. The number of ether oxygens (including phenoxy) is 1. The highest BCUT2D eigenvalue weighted by Crippen LogP contribution is 2.31. The Bertz CT molecular complexity index is 923. The van der Waals surface area contributed by atoms with Gasteiger partial charge in [0, 0.05) is 18.8 Å². The molecule has 3 aromatic rings. The molecular formula is C22H24N3O2S+. The molecule has 1 aromatic heterocycles. The first-order valence-electron chi connectivity index (χ1n) is 9.71. The van der Waals surface area contributed by atoms with E-state index in [2.05, 4.69) is 24.3 Å². The quantitative estimate of drug-likeness (QED) is 0.673. The van der Waals surface area contributed by atoms with Gasteiger partial charge in [-0.15, -0.1) is 11.3 Å². The van der Waals surface area contributed by atoms with Crippen molar-refractivity contribution < 1.29 is 14.7 Å². The summed E-state index contributed by atoms with van der Waals surface area (Å²) >= 11 is 1.82. The number of hydrogen-bond donors (Lipinski definition) is 2. The van der Waals surface area contributed by atoms with Gasteiger partial charge in [-0.2, -0.15) is 5.26 Å². The van der Waals surface area contributed by atoms with Gasteiger partial charge in [0.25, 0.3) is 0 Å². The largest absolute Gasteiger partial charge is 0.491 e. The van der Waals surface area contributed by atoms with Crippen LogP contribution in [-0.4, -0.2) is 42.4 Å². The Morgan fingerprint density at radius 2 is 1.93 bits per heavy atom. The number of aromatic nitrogens is 1. The molecular weight excluding hydrogens is 370 g/mol.